The molecule has 0 aliphatic heterocycles. The van der Waals surface area contributed by atoms with Gasteiger partial charge in [0.25, 0.3) is 0 Å². The van der Waals surface area contributed by atoms with Gasteiger partial charge in [-0.25, -0.2) is 10.2 Å². The Kier molecular flexibility index (Phi) is 20.6. The minimum absolute atomic E-state index is 0.750. The highest BCUT2D eigenvalue weighted by Crippen LogP contribution is 2.21. The zero-order valence-corrected chi connectivity index (χ0v) is 8.69. The van der Waals surface area contributed by atoms with E-state index in [2.05, 4.69) is 13.8 Å². The van der Waals surface area contributed by atoms with Crippen LogP contribution < -0.4 is 0 Å². The van der Waals surface area contributed by atoms with Gasteiger partial charge in [0, 0.05) is 11.5 Å². The van der Waals surface area contributed by atoms with Crippen molar-refractivity contribution in [2.24, 2.45) is 0 Å². The highest BCUT2D eigenvalue weighted by Gasteiger charge is 1.83. The van der Waals surface area contributed by atoms with Crippen LogP contribution in [0.1, 0.15) is 26.7 Å². The molecule has 0 fully saturated rings. The van der Waals surface area contributed by atoms with E-state index in [1.165, 1.54) is 24.3 Å². The molecule has 0 heterocycles. The van der Waals surface area contributed by atoms with Crippen LogP contribution in [0.2, 0.25) is 0 Å². The molecule has 0 rings (SSSR count). The minimum atomic E-state index is 0.750. The Balaban J connectivity index is 0. The summed E-state index contributed by atoms with van der Waals surface area (Å²) in [5.74, 6) is 2.62. The molecule has 0 atom stereocenters. The minimum Gasteiger partial charge on any atom is -0.222 e. The first-order valence-electron chi connectivity index (χ1n) is 3.61. The monoisotopic (exact) mass is 193 g/mol. The van der Waals surface area contributed by atoms with Gasteiger partial charge in [0.2, 0.25) is 6.08 Å². The van der Waals surface area contributed by atoms with E-state index in [1.807, 2.05) is 21.6 Å². The van der Waals surface area contributed by atoms with Gasteiger partial charge in [-0.15, -0.1) is 0 Å². The molecule has 1 N–H and O–H groups in total. The maximum absolute atomic E-state index is 8.35. The van der Waals surface area contributed by atoms with Gasteiger partial charge < -0.3 is 0 Å². The quantitative estimate of drug-likeness (QED) is 0.316. The zero-order valence-electron chi connectivity index (χ0n) is 7.05. The van der Waals surface area contributed by atoms with Gasteiger partial charge in [-0.05, 0) is 12.8 Å². The van der Waals surface area contributed by atoms with Crippen LogP contribution in [0.15, 0.2) is 0 Å². The van der Waals surface area contributed by atoms with Crippen molar-refractivity contribution in [3.05, 3.63) is 0 Å². The predicted molar refractivity (Wildman–Crippen MR) is 53.9 cm³/mol. The van der Waals surface area contributed by atoms with E-state index >= 15 is 0 Å². The zero-order chi connectivity index (χ0) is 8.95. The average Bonchev–Trinajstić information content (AvgIpc) is 2.00. The molecule has 0 radical (unpaired) electrons. The molecule has 0 saturated carbocycles. The lowest BCUT2D eigenvalue weighted by Gasteiger charge is -1.93. The molecule has 11 heavy (non-hydrogen) atoms. The molecule has 4 heteroatoms. The lowest BCUT2D eigenvalue weighted by Crippen LogP contribution is -1.70. The fourth-order valence-electron chi connectivity index (χ4n) is 0.285. The third-order valence-electron chi connectivity index (χ3n) is 0.658. The van der Waals surface area contributed by atoms with Crippen molar-refractivity contribution in [1.82, 2.24) is 0 Å². The molecule has 0 spiro atoms. The molecular weight excluding hydrogens is 178 g/mol. The number of hydrogen-bond donors (Lipinski definition) is 1. The van der Waals surface area contributed by atoms with Crippen LogP contribution in [0.3, 0.4) is 0 Å². The van der Waals surface area contributed by atoms with Gasteiger partial charge in [-0.2, -0.15) is 0 Å². The second-order valence-electron chi connectivity index (χ2n) is 1.75. The van der Waals surface area contributed by atoms with Crippen LogP contribution in [0.25, 0.3) is 0 Å². The summed E-state index contributed by atoms with van der Waals surface area (Å²) in [6.07, 6.45) is 3.36. The van der Waals surface area contributed by atoms with E-state index < -0.39 is 0 Å². The number of rotatable bonds is 5. The summed E-state index contributed by atoms with van der Waals surface area (Å²) >= 11 is 0. The molecule has 0 aromatic carbocycles. The molecule has 0 saturated heterocycles. The van der Waals surface area contributed by atoms with Crippen LogP contribution in [0.4, 0.5) is 0 Å². The van der Waals surface area contributed by atoms with E-state index in [-0.39, 0.29) is 0 Å². The second kappa shape index (κ2) is 16.6. The van der Waals surface area contributed by atoms with Gasteiger partial charge in [-0.1, -0.05) is 35.4 Å². The van der Waals surface area contributed by atoms with E-state index in [0.29, 0.717) is 0 Å². The summed E-state index contributed by atoms with van der Waals surface area (Å²) in [5, 5.41) is 5.40. The predicted octanol–water partition coefficient (Wildman–Crippen LogP) is 3.09. The fourth-order valence-corrected chi connectivity index (χ4v) is 2.56. The number of hydrogen-bond acceptors (Lipinski definition) is 4. The first-order chi connectivity index (χ1) is 5.33. The fraction of sp³-hybridized carbons (Fsp3) is 0.857. The summed E-state index contributed by atoms with van der Waals surface area (Å²) in [6, 6.07) is 0. The largest absolute Gasteiger partial charge is 0.231 e. The molecule has 66 valence electrons. The second-order valence-corrected chi connectivity index (χ2v) is 4.45. The van der Waals surface area contributed by atoms with Crippen molar-refractivity contribution in [2.75, 3.05) is 11.5 Å². The van der Waals surface area contributed by atoms with E-state index in [0.717, 1.165) is 6.08 Å². The van der Waals surface area contributed by atoms with E-state index in [4.69, 9.17) is 10.2 Å². The maximum Gasteiger partial charge on any atom is 0.231 e. The van der Waals surface area contributed by atoms with Crippen LogP contribution in [-0.4, -0.2) is 17.6 Å². The summed E-state index contributed by atoms with van der Waals surface area (Å²) < 4.78 is 0. The number of nitrogens with one attached hydrogen (secondary N) is 1. The van der Waals surface area contributed by atoms with Gasteiger partial charge in [0.05, 0.1) is 0 Å². The number of isocyanates is 1. The van der Waals surface area contributed by atoms with Crippen LogP contribution in [0.5, 0.6) is 0 Å². The van der Waals surface area contributed by atoms with Crippen LogP contribution in [-0.2, 0) is 4.79 Å². The normalized spacial score (nSPS) is 7.82. The smallest absolute Gasteiger partial charge is 0.222 e. The van der Waals surface area contributed by atoms with Crippen molar-refractivity contribution in [3.8, 4) is 0 Å². The lowest BCUT2D eigenvalue weighted by atomic mass is 10.6. The molecule has 0 aromatic heterocycles. The Bertz CT molecular complexity index is 86.4. The third kappa shape index (κ3) is 25.5. The molecule has 0 amide bonds. The Morgan fingerprint density at radius 1 is 1.18 bits per heavy atom. The Hall–Kier alpha value is 0.0800. The standard InChI is InChI=1S/C6H14S2.CHNO/c1-3-5-7-8-6-4-2;2-1-3/h3-6H2,1-2H3;2H. The molecule has 0 aliphatic carbocycles. The lowest BCUT2D eigenvalue weighted by molar-refractivity contribution is 0.563. The van der Waals surface area contributed by atoms with Gasteiger partial charge in [-0.3, -0.25) is 0 Å². The molecule has 2 nitrogen and oxygen atoms in total. The van der Waals surface area contributed by atoms with Crippen LogP contribution in [0, 0.1) is 5.41 Å². The van der Waals surface area contributed by atoms with Gasteiger partial charge in [0.1, 0.15) is 0 Å². The summed E-state index contributed by atoms with van der Waals surface area (Å²) in [5.41, 5.74) is 0. The first kappa shape index (κ1) is 13.7. The molecule has 0 bridgehead atoms. The topological polar surface area (TPSA) is 40.9 Å². The molecular formula is C7H15NOS2. The summed E-state index contributed by atoms with van der Waals surface area (Å²) in [4.78, 5) is 8.35. The first-order valence-corrected chi connectivity index (χ1v) is 6.10. The molecule has 0 aromatic rings. The van der Waals surface area contributed by atoms with Crippen molar-refractivity contribution in [2.45, 2.75) is 26.7 Å². The Morgan fingerprint density at radius 2 is 1.45 bits per heavy atom. The average molecular weight is 193 g/mol. The van der Waals surface area contributed by atoms with E-state index in [9.17, 15) is 0 Å². The molecule has 0 unspecified atom stereocenters. The summed E-state index contributed by atoms with van der Waals surface area (Å²) in [7, 11) is 3.99. The van der Waals surface area contributed by atoms with Crippen LogP contribution >= 0.6 is 21.6 Å². The van der Waals surface area contributed by atoms with Crippen molar-refractivity contribution in [3.63, 3.8) is 0 Å². The SMILES string of the molecule is CCCSSCCC.N=C=O. The van der Waals surface area contributed by atoms with Crippen molar-refractivity contribution >= 4 is 27.7 Å². The maximum atomic E-state index is 8.35. The third-order valence-corrected chi connectivity index (χ3v) is 3.47. The van der Waals surface area contributed by atoms with Crippen molar-refractivity contribution < 1.29 is 4.79 Å². The number of carbonyl (C=O) groups excluding carboxylic acids is 1. The highest BCUT2D eigenvalue weighted by atomic mass is 33.1. The Morgan fingerprint density at radius 3 is 1.64 bits per heavy atom. The van der Waals surface area contributed by atoms with E-state index in [1.54, 1.807) is 0 Å². The van der Waals surface area contributed by atoms with Gasteiger partial charge in [0.15, 0.2) is 0 Å². The molecule has 0 aliphatic rings. The Labute approximate surface area is 76.4 Å². The highest BCUT2D eigenvalue weighted by molar-refractivity contribution is 8.76. The summed E-state index contributed by atoms with van der Waals surface area (Å²) in [6.45, 7) is 4.44. The van der Waals surface area contributed by atoms with Crippen molar-refractivity contribution in [1.29, 1.82) is 5.41 Å². The van der Waals surface area contributed by atoms with Gasteiger partial charge >= 0.3 is 0 Å².